The highest BCUT2D eigenvalue weighted by atomic mass is 32.1. The van der Waals surface area contributed by atoms with E-state index in [1.54, 1.807) is 10.9 Å². The monoisotopic (exact) mass is 293 g/mol. The Labute approximate surface area is 123 Å². The molecule has 0 spiro atoms. The number of aromatic nitrogens is 2. The lowest BCUT2D eigenvalue weighted by Gasteiger charge is -2.14. The summed E-state index contributed by atoms with van der Waals surface area (Å²) in [7, 11) is 0. The van der Waals surface area contributed by atoms with Crippen molar-refractivity contribution in [2.24, 2.45) is 0 Å². The van der Waals surface area contributed by atoms with Crippen LogP contribution in [0.5, 0.6) is 0 Å². The van der Waals surface area contributed by atoms with Gasteiger partial charge in [-0.15, -0.1) is 11.3 Å². The van der Waals surface area contributed by atoms with E-state index in [0.717, 1.165) is 16.8 Å². The zero-order chi connectivity index (χ0) is 14.4. The highest BCUT2D eigenvalue weighted by Gasteiger charge is 2.05. The fourth-order valence-corrected chi connectivity index (χ4v) is 3.01. The third kappa shape index (κ3) is 3.90. The molecule has 0 saturated carbocycles. The van der Waals surface area contributed by atoms with Crippen molar-refractivity contribution in [1.29, 1.82) is 0 Å². The Hall–Kier alpha value is -1.20. The predicted octanol–water partition coefficient (Wildman–Crippen LogP) is 3.02. The molecule has 2 heterocycles. The van der Waals surface area contributed by atoms with Crippen molar-refractivity contribution in [3.8, 4) is 0 Å². The van der Waals surface area contributed by atoms with Gasteiger partial charge in [0.05, 0.1) is 11.7 Å². The average molecular weight is 293 g/mol. The summed E-state index contributed by atoms with van der Waals surface area (Å²) in [4.78, 5) is 17.3. The molecular formula is C15H23N3OS. The molecule has 4 nitrogen and oxygen atoms in total. The first-order chi connectivity index (χ1) is 9.72. The fraction of sp³-hybridized carbons (Fsp3) is 0.600. The Morgan fingerprint density at radius 2 is 2.30 bits per heavy atom. The summed E-state index contributed by atoms with van der Waals surface area (Å²) in [5, 5.41) is 6.12. The molecule has 1 atom stereocenters. The van der Waals surface area contributed by atoms with Crippen molar-refractivity contribution >= 4 is 21.6 Å². The molecule has 20 heavy (non-hydrogen) atoms. The lowest BCUT2D eigenvalue weighted by Crippen LogP contribution is -2.32. The van der Waals surface area contributed by atoms with Gasteiger partial charge >= 0.3 is 0 Å². The molecule has 0 fully saturated rings. The quantitative estimate of drug-likeness (QED) is 0.761. The number of nitrogens with zero attached hydrogens (tertiary/aromatic N) is 2. The summed E-state index contributed by atoms with van der Waals surface area (Å²) >= 11 is 1.51. The maximum atomic E-state index is 12.2. The molecule has 1 unspecified atom stereocenters. The molecule has 0 bridgehead atoms. The largest absolute Gasteiger partial charge is 0.312 e. The first kappa shape index (κ1) is 15.2. The van der Waals surface area contributed by atoms with Gasteiger partial charge in [0.2, 0.25) is 0 Å². The highest BCUT2D eigenvalue weighted by Crippen LogP contribution is 2.13. The smallest absolute Gasteiger partial charge is 0.262 e. The van der Waals surface area contributed by atoms with E-state index in [2.05, 4.69) is 24.1 Å². The Kier molecular flexibility index (Phi) is 5.73. The second-order valence-corrected chi connectivity index (χ2v) is 6.13. The van der Waals surface area contributed by atoms with Crippen LogP contribution in [0.2, 0.25) is 0 Å². The summed E-state index contributed by atoms with van der Waals surface area (Å²) < 4.78 is 1.70. The molecule has 0 amide bonds. The molecular weight excluding hydrogens is 270 g/mol. The summed E-state index contributed by atoms with van der Waals surface area (Å²) in [6, 6.07) is 2.36. The van der Waals surface area contributed by atoms with Crippen LogP contribution < -0.4 is 10.9 Å². The molecule has 0 aliphatic rings. The van der Waals surface area contributed by atoms with E-state index in [9.17, 15) is 4.79 Å². The molecule has 0 aliphatic heterocycles. The fourth-order valence-electron chi connectivity index (χ4n) is 2.29. The van der Waals surface area contributed by atoms with Gasteiger partial charge in [-0.25, -0.2) is 4.98 Å². The summed E-state index contributed by atoms with van der Waals surface area (Å²) in [5.74, 6) is 0. The van der Waals surface area contributed by atoms with Crippen LogP contribution in [0, 0.1) is 0 Å². The van der Waals surface area contributed by atoms with Gasteiger partial charge in [0.1, 0.15) is 4.83 Å². The minimum atomic E-state index is 0.0664. The number of rotatable bonds is 8. The SMILES string of the molecule is CCCCCC(C)NCCn1cnc2sccc2c1=O. The lowest BCUT2D eigenvalue weighted by atomic mass is 10.1. The Morgan fingerprint density at radius 1 is 1.45 bits per heavy atom. The first-order valence-corrected chi connectivity index (χ1v) is 8.26. The minimum absolute atomic E-state index is 0.0664. The van der Waals surface area contributed by atoms with Gasteiger partial charge in [-0.2, -0.15) is 0 Å². The summed E-state index contributed by atoms with van der Waals surface area (Å²) in [6.07, 6.45) is 6.68. The predicted molar refractivity (Wildman–Crippen MR) is 85.5 cm³/mol. The van der Waals surface area contributed by atoms with Crippen LogP contribution >= 0.6 is 11.3 Å². The molecule has 0 saturated heterocycles. The number of hydrogen-bond acceptors (Lipinski definition) is 4. The third-order valence-corrected chi connectivity index (χ3v) is 4.36. The summed E-state index contributed by atoms with van der Waals surface area (Å²) in [6.45, 7) is 5.91. The maximum absolute atomic E-state index is 12.2. The van der Waals surface area contributed by atoms with E-state index >= 15 is 0 Å². The highest BCUT2D eigenvalue weighted by molar-refractivity contribution is 7.16. The molecule has 1 N–H and O–H groups in total. The summed E-state index contributed by atoms with van der Waals surface area (Å²) in [5.41, 5.74) is 0.0664. The van der Waals surface area contributed by atoms with Crippen molar-refractivity contribution in [1.82, 2.24) is 14.9 Å². The first-order valence-electron chi connectivity index (χ1n) is 7.38. The van der Waals surface area contributed by atoms with Gasteiger partial charge in [-0.1, -0.05) is 26.2 Å². The van der Waals surface area contributed by atoms with Gasteiger partial charge in [0.15, 0.2) is 0 Å². The molecule has 110 valence electrons. The zero-order valence-electron chi connectivity index (χ0n) is 12.3. The number of hydrogen-bond donors (Lipinski definition) is 1. The number of unbranched alkanes of at least 4 members (excludes halogenated alkanes) is 2. The Balaban J connectivity index is 1.83. The van der Waals surface area contributed by atoms with Crippen molar-refractivity contribution in [2.75, 3.05) is 6.54 Å². The van der Waals surface area contributed by atoms with E-state index in [-0.39, 0.29) is 5.56 Å². The molecule has 2 aromatic rings. The topological polar surface area (TPSA) is 46.9 Å². The van der Waals surface area contributed by atoms with Gasteiger partial charge in [-0.3, -0.25) is 9.36 Å². The van der Waals surface area contributed by atoms with Crippen LogP contribution in [-0.2, 0) is 6.54 Å². The molecule has 0 radical (unpaired) electrons. The van der Waals surface area contributed by atoms with E-state index in [4.69, 9.17) is 0 Å². The standard InChI is InChI=1S/C15H23N3OS/c1-3-4-5-6-12(2)16-8-9-18-11-17-14-13(15(18)19)7-10-20-14/h7,10-12,16H,3-6,8-9H2,1-2H3. The maximum Gasteiger partial charge on any atom is 0.262 e. The molecule has 2 rings (SSSR count). The van der Waals surface area contributed by atoms with Crippen molar-refractivity contribution < 1.29 is 0 Å². The van der Waals surface area contributed by atoms with Gasteiger partial charge < -0.3 is 5.32 Å². The van der Waals surface area contributed by atoms with Gasteiger partial charge in [-0.05, 0) is 24.8 Å². The second-order valence-electron chi connectivity index (χ2n) is 5.23. The van der Waals surface area contributed by atoms with Crippen molar-refractivity contribution in [3.05, 3.63) is 28.1 Å². The molecule has 5 heteroatoms. The van der Waals surface area contributed by atoms with Crippen LogP contribution in [0.15, 0.2) is 22.6 Å². The third-order valence-electron chi connectivity index (χ3n) is 3.54. The van der Waals surface area contributed by atoms with E-state index in [0.29, 0.717) is 12.6 Å². The molecule has 0 aromatic carbocycles. The minimum Gasteiger partial charge on any atom is -0.312 e. The van der Waals surface area contributed by atoms with Crippen LogP contribution in [0.25, 0.3) is 10.2 Å². The Bertz CT molecular complexity index is 590. The van der Waals surface area contributed by atoms with E-state index in [1.165, 1.54) is 37.0 Å². The van der Waals surface area contributed by atoms with Gasteiger partial charge in [0, 0.05) is 19.1 Å². The lowest BCUT2D eigenvalue weighted by molar-refractivity contribution is 0.467. The van der Waals surface area contributed by atoms with Crippen molar-refractivity contribution in [2.45, 2.75) is 52.1 Å². The second kappa shape index (κ2) is 7.55. The van der Waals surface area contributed by atoms with Crippen LogP contribution in [-0.4, -0.2) is 22.1 Å². The number of fused-ring (bicyclic) bond motifs is 1. The van der Waals surface area contributed by atoms with Crippen LogP contribution in [0.3, 0.4) is 0 Å². The normalized spacial score (nSPS) is 12.9. The van der Waals surface area contributed by atoms with Crippen LogP contribution in [0.1, 0.15) is 39.5 Å². The van der Waals surface area contributed by atoms with Crippen LogP contribution in [0.4, 0.5) is 0 Å². The molecule has 2 aromatic heterocycles. The Morgan fingerprint density at radius 3 is 3.10 bits per heavy atom. The number of thiophene rings is 1. The zero-order valence-corrected chi connectivity index (χ0v) is 13.1. The van der Waals surface area contributed by atoms with Gasteiger partial charge in [0.25, 0.3) is 5.56 Å². The van der Waals surface area contributed by atoms with E-state index in [1.807, 2.05) is 11.4 Å². The molecule has 0 aliphatic carbocycles. The van der Waals surface area contributed by atoms with E-state index < -0.39 is 0 Å². The van der Waals surface area contributed by atoms with Crippen molar-refractivity contribution in [3.63, 3.8) is 0 Å². The average Bonchev–Trinajstić information content (AvgIpc) is 2.91. The number of nitrogens with one attached hydrogen (secondary N) is 1.